The van der Waals surface area contributed by atoms with Gasteiger partial charge in [0.2, 0.25) is 0 Å². The van der Waals surface area contributed by atoms with E-state index in [0.717, 1.165) is 5.01 Å². The first-order chi connectivity index (χ1) is 7.25. The van der Waals surface area contributed by atoms with E-state index >= 15 is 0 Å². The van der Waals surface area contributed by atoms with Crippen LogP contribution in [0.25, 0.3) is 12.2 Å². The summed E-state index contributed by atoms with van der Waals surface area (Å²) in [6, 6.07) is 2.86. The molecular weight excluding hydrogens is 216 g/mol. The van der Waals surface area contributed by atoms with Crippen molar-refractivity contribution in [2.24, 2.45) is 0 Å². The molecule has 0 bridgehead atoms. The van der Waals surface area contributed by atoms with Crippen LogP contribution in [0.3, 0.4) is 0 Å². The average molecular weight is 222 g/mol. The molecule has 5 nitrogen and oxygen atoms in total. The minimum Gasteiger partial charge on any atom is -0.401 e. The van der Waals surface area contributed by atoms with Crippen LogP contribution in [0, 0.1) is 10.1 Å². The third kappa shape index (κ3) is 2.29. The van der Waals surface area contributed by atoms with Crippen LogP contribution in [0.5, 0.6) is 0 Å². The molecule has 0 saturated heterocycles. The van der Waals surface area contributed by atoms with E-state index in [1.165, 1.54) is 17.4 Å². The summed E-state index contributed by atoms with van der Waals surface area (Å²) in [6.07, 6.45) is 5.08. The number of hydrogen-bond acceptors (Lipinski definition) is 5. The molecule has 0 saturated carbocycles. The first kappa shape index (κ1) is 9.60. The molecule has 0 radical (unpaired) electrons. The minimum absolute atomic E-state index is 0.256. The highest BCUT2D eigenvalue weighted by molar-refractivity contribution is 7.10. The molecule has 0 aliphatic carbocycles. The third-order valence-electron chi connectivity index (χ3n) is 1.63. The van der Waals surface area contributed by atoms with Gasteiger partial charge >= 0.3 is 5.88 Å². The Morgan fingerprint density at radius 3 is 2.93 bits per heavy atom. The summed E-state index contributed by atoms with van der Waals surface area (Å²) in [6.45, 7) is 0. The van der Waals surface area contributed by atoms with Gasteiger partial charge in [-0.2, -0.15) is 0 Å². The molecule has 2 rings (SSSR count). The second-order valence-electron chi connectivity index (χ2n) is 2.64. The Labute approximate surface area is 88.8 Å². The number of aromatic nitrogens is 1. The molecule has 0 aromatic carbocycles. The molecule has 0 spiro atoms. The molecule has 0 unspecified atom stereocenters. The Kier molecular flexibility index (Phi) is 2.59. The molecular formula is C9H6N2O3S. The molecule has 6 heteroatoms. The van der Waals surface area contributed by atoms with Gasteiger partial charge in [0.1, 0.15) is 15.7 Å². The lowest BCUT2D eigenvalue weighted by molar-refractivity contribution is -0.402. The lowest BCUT2D eigenvalue weighted by Gasteiger charge is -1.83. The van der Waals surface area contributed by atoms with E-state index in [9.17, 15) is 10.1 Å². The third-order valence-corrected chi connectivity index (χ3v) is 2.37. The molecule has 0 atom stereocenters. The molecule has 0 aliphatic rings. The molecule has 2 aromatic rings. The van der Waals surface area contributed by atoms with Gasteiger partial charge in [-0.1, -0.05) is 0 Å². The van der Waals surface area contributed by atoms with Crippen LogP contribution in [-0.2, 0) is 0 Å². The van der Waals surface area contributed by atoms with Crippen molar-refractivity contribution < 1.29 is 9.34 Å². The van der Waals surface area contributed by atoms with Gasteiger partial charge in [-0.25, -0.2) is 4.98 Å². The molecule has 2 aromatic heterocycles. The van der Waals surface area contributed by atoms with Crippen LogP contribution < -0.4 is 0 Å². The molecule has 0 N–H and O–H groups in total. The first-order valence-corrected chi connectivity index (χ1v) is 4.95. The molecule has 76 valence electrons. The zero-order valence-corrected chi connectivity index (χ0v) is 8.31. The number of nitro groups is 1. The van der Waals surface area contributed by atoms with Crippen molar-refractivity contribution in [3.63, 3.8) is 0 Å². The molecule has 15 heavy (non-hydrogen) atoms. The monoisotopic (exact) mass is 222 g/mol. The zero-order chi connectivity index (χ0) is 10.7. The predicted molar refractivity (Wildman–Crippen MR) is 56.4 cm³/mol. The van der Waals surface area contributed by atoms with Gasteiger partial charge in [-0.3, -0.25) is 10.1 Å². The Morgan fingerprint density at radius 1 is 1.47 bits per heavy atom. The smallest absolute Gasteiger partial charge is 0.401 e. The van der Waals surface area contributed by atoms with Gasteiger partial charge in [-0.05, 0) is 18.2 Å². The topological polar surface area (TPSA) is 69.2 Å². The summed E-state index contributed by atoms with van der Waals surface area (Å²) in [7, 11) is 0. The molecule has 2 heterocycles. The molecule has 0 amide bonds. The first-order valence-electron chi connectivity index (χ1n) is 4.07. The van der Waals surface area contributed by atoms with Crippen molar-refractivity contribution in [3.05, 3.63) is 44.6 Å². The maximum absolute atomic E-state index is 10.3. The lowest BCUT2D eigenvalue weighted by atomic mass is 10.4. The Bertz CT molecular complexity index is 487. The second kappa shape index (κ2) is 4.05. The maximum Gasteiger partial charge on any atom is 0.433 e. The van der Waals surface area contributed by atoms with Gasteiger partial charge in [-0.15, -0.1) is 11.3 Å². The standard InChI is InChI=1S/C9H6N2O3S/c12-11(13)9-4-2-7(14-9)1-3-8-10-5-6-15-8/h1-6H/b3-1-. The van der Waals surface area contributed by atoms with Crippen LogP contribution >= 0.6 is 11.3 Å². The largest absolute Gasteiger partial charge is 0.433 e. The highest BCUT2D eigenvalue weighted by atomic mass is 32.1. The van der Waals surface area contributed by atoms with Crippen molar-refractivity contribution in [1.29, 1.82) is 0 Å². The SMILES string of the molecule is O=[N+]([O-])c1ccc(/C=C\c2nccs2)o1. The number of thiazole rings is 1. The fourth-order valence-corrected chi connectivity index (χ4v) is 1.53. The van der Waals surface area contributed by atoms with Gasteiger partial charge in [0, 0.05) is 11.6 Å². The summed E-state index contributed by atoms with van der Waals surface area (Å²) in [5.41, 5.74) is 0. The number of rotatable bonds is 3. The van der Waals surface area contributed by atoms with Crippen molar-refractivity contribution in [1.82, 2.24) is 4.98 Å². The van der Waals surface area contributed by atoms with Gasteiger partial charge in [0.25, 0.3) is 0 Å². The van der Waals surface area contributed by atoms with Crippen molar-refractivity contribution in [2.75, 3.05) is 0 Å². The number of hydrogen-bond donors (Lipinski definition) is 0. The fourth-order valence-electron chi connectivity index (χ4n) is 1.00. The van der Waals surface area contributed by atoms with Gasteiger partial charge in [0.15, 0.2) is 0 Å². The summed E-state index contributed by atoms with van der Waals surface area (Å²) in [4.78, 5) is 13.8. The van der Waals surface area contributed by atoms with Gasteiger partial charge < -0.3 is 4.42 Å². The summed E-state index contributed by atoms with van der Waals surface area (Å²) in [5.74, 6) is 0.186. The van der Waals surface area contributed by atoms with Crippen LogP contribution in [0.4, 0.5) is 5.88 Å². The van der Waals surface area contributed by atoms with Gasteiger partial charge in [0.05, 0.1) is 6.07 Å². The van der Waals surface area contributed by atoms with Crippen molar-refractivity contribution >= 4 is 29.4 Å². The summed E-state index contributed by atoms with van der Waals surface area (Å²) >= 11 is 1.48. The fraction of sp³-hybridized carbons (Fsp3) is 0. The minimum atomic E-state index is -0.569. The maximum atomic E-state index is 10.3. The van der Waals surface area contributed by atoms with Crippen molar-refractivity contribution in [2.45, 2.75) is 0 Å². The number of nitrogens with zero attached hydrogens (tertiary/aromatic N) is 2. The highest BCUT2D eigenvalue weighted by Crippen LogP contribution is 2.18. The Hall–Kier alpha value is -1.95. The van der Waals surface area contributed by atoms with Crippen LogP contribution in [0.2, 0.25) is 0 Å². The van der Waals surface area contributed by atoms with Crippen LogP contribution in [0.15, 0.2) is 28.1 Å². The highest BCUT2D eigenvalue weighted by Gasteiger charge is 2.09. The van der Waals surface area contributed by atoms with E-state index < -0.39 is 4.92 Å². The van der Waals surface area contributed by atoms with E-state index in [0.29, 0.717) is 5.76 Å². The predicted octanol–water partition coefficient (Wildman–Crippen LogP) is 2.81. The van der Waals surface area contributed by atoms with E-state index in [-0.39, 0.29) is 5.88 Å². The Balaban J connectivity index is 2.14. The lowest BCUT2D eigenvalue weighted by Crippen LogP contribution is -1.82. The van der Waals surface area contributed by atoms with E-state index in [2.05, 4.69) is 4.98 Å². The normalized spacial score (nSPS) is 10.9. The summed E-state index contributed by atoms with van der Waals surface area (Å²) < 4.78 is 4.93. The van der Waals surface area contributed by atoms with E-state index in [1.54, 1.807) is 24.4 Å². The van der Waals surface area contributed by atoms with Crippen LogP contribution in [-0.4, -0.2) is 9.91 Å². The summed E-state index contributed by atoms with van der Waals surface area (Å²) in [5, 5.41) is 13.0. The van der Waals surface area contributed by atoms with Crippen LogP contribution in [0.1, 0.15) is 10.8 Å². The molecule has 0 aliphatic heterocycles. The number of furan rings is 1. The zero-order valence-electron chi connectivity index (χ0n) is 7.49. The average Bonchev–Trinajstić information content (AvgIpc) is 2.86. The van der Waals surface area contributed by atoms with Crippen molar-refractivity contribution in [3.8, 4) is 0 Å². The van der Waals surface area contributed by atoms with E-state index in [4.69, 9.17) is 4.42 Å². The quantitative estimate of drug-likeness (QED) is 0.591. The second-order valence-corrected chi connectivity index (χ2v) is 3.56. The molecule has 0 fully saturated rings. The van der Waals surface area contributed by atoms with E-state index in [1.807, 2.05) is 5.38 Å². The Morgan fingerprint density at radius 2 is 2.33 bits per heavy atom.